The second-order valence-corrected chi connectivity index (χ2v) is 4.12. The highest BCUT2D eigenvalue weighted by molar-refractivity contribution is 6.32. The summed E-state index contributed by atoms with van der Waals surface area (Å²) >= 11 is 6.19. The lowest BCUT2D eigenvalue weighted by Gasteiger charge is -2.05. The SMILES string of the molecule is CCc1cc2ncn(CCOC)c2cc1Cl. The summed E-state index contributed by atoms with van der Waals surface area (Å²) in [6, 6.07) is 4.04. The molecule has 0 aliphatic carbocycles. The molecule has 1 aromatic carbocycles. The first-order chi connectivity index (χ1) is 7.76. The van der Waals surface area contributed by atoms with Crippen LogP contribution in [0.1, 0.15) is 12.5 Å². The molecule has 0 aliphatic heterocycles. The maximum atomic E-state index is 6.19. The highest BCUT2D eigenvalue weighted by Crippen LogP contribution is 2.23. The van der Waals surface area contributed by atoms with Crippen molar-refractivity contribution in [2.75, 3.05) is 13.7 Å². The minimum atomic E-state index is 0.679. The van der Waals surface area contributed by atoms with Gasteiger partial charge >= 0.3 is 0 Å². The summed E-state index contributed by atoms with van der Waals surface area (Å²) in [5, 5.41) is 0.814. The summed E-state index contributed by atoms with van der Waals surface area (Å²) in [4.78, 5) is 4.37. The Labute approximate surface area is 100.0 Å². The van der Waals surface area contributed by atoms with Crippen molar-refractivity contribution in [2.24, 2.45) is 0 Å². The first-order valence-electron chi connectivity index (χ1n) is 5.38. The van der Waals surface area contributed by atoms with E-state index in [-0.39, 0.29) is 0 Å². The van der Waals surface area contributed by atoms with Crippen molar-refractivity contribution in [1.82, 2.24) is 9.55 Å². The van der Waals surface area contributed by atoms with Gasteiger partial charge in [-0.3, -0.25) is 0 Å². The van der Waals surface area contributed by atoms with Crippen molar-refractivity contribution in [3.05, 3.63) is 29.0 Å². The maximum Gasteiger partial charge on any atom is 0.0959 e. The summed E-state index contributed by atoms with van der Waals surface area (Å²) in [6.07, 6.45) is 2.76. The number of imidazole rings is 1. The minimum absolute atomic E-state index is 0.679. The number of aromatic nitrogens is 2. The molecule has 0 spiro atoms. The molecule has 0 saturated carbocycles. The van der Waals surface area contributed by atoms with Crippen LogP contribution in [0.3, 0.4) is 0 Å². The van der Waals surface area contributed by atoms with Crippen LogP contribution >= 0.6 is 11.6 Å². The summed E-state index contributed by atoms with van der Waals surface area (Å²) in [5.41, 5.74) is 3.21. The van der Waals surface area contributed by atoms with E-state index in [0.29, 0.717) is 6.61 Å². The molecule has 1 aromatic heterocycles. The molecule has 0 radical (unpaired) electrons. The van der Waals surface area contributed by atoms with Crippen LogP contribution in [0, 0.1) is 0 Å². The second kappa shape index (κ2) is 4.85. The molecule has 0 bridgehead atoms. The molecule has 0 unspecified atom stereocenters. The molecule has 0 atom stereocenters. The Balaban J connectivity index is 2.43. The molecule has 0 aliphatic rings. The van der Waals surface area contributed by atoms with Gasteiger partial charge in [0.05, 0.1) is 24.0 Å². The fraction of sp³-hybridized carbons (Fsp3) is 0.417. The van der Waals surface area contributed by atoms with Crippen LogP contribution in [0.4, 0.5) is 0 Å². The lowest BCUT2D eigenvalue weighted by molar-refractivity contribution is 0.188. The summed E-state index contributed by atoms with van der Waals surface area (Å²) in [7, 11) is 1.70. The summed E-state index contributed by atoms with van der Waals surface area (Å²) in [6.45, 7) is 3.57. The van der Waals surface area contributed by atoms with Crippen molar-refractivity contribution >= 4 is 22.6 Å². The van der Waals surface area contributed by atoms with Crippen molar-refractivity contribution in [3.8, 4) is 0 Å². The lowest BCUT2D eigenvalue weighted by atomic mass is 10.1. The molecular weight excluding hydrogens is 224 g/mol. The van der Waals surface area contributed by atoms with E-state index in [9.17, 15) is 0 Å². The van der Waals surface area contributed by atoms with Gasteiger partial charge in [-0.15, -0.1) is 0 Å². The largest absolute Gasteiger partial charge is 0.383 e. The smallest absolute Gasteiger partial charge is 0.0959 e. The molecule has 0 fully saturated rings. The van der Waals surface area contributed by atoms with E-state index in [1.54, 1.807) is 7.11 Å². The Morgan fingerprint density at radius 1 is 1.44 bits per heavy atom. The zero-order valence-corrected chi connectivity index (χ0v) is 10.3. The van der Waals surface area contributed by atoms with Crippen LogP contribution < -0.4 is 0 Å². The van der Waals surface area contributed by atoms with Gasteiger partial charge in [0.1, 0.15) is 0 Å². The number of halogens is 1. The molecule has 1 heterocycles. The normalized spacial score (nSPS) is 11.2. The third-order valence-electron chi connectivity index (χ3n) is 2.71. The van der Waals surface area contributed by atoms with Crippen molar-refractivity contribution in [1.29, 1.82) is 0 Å². The molecule has 16 heavy (non-hydrogen) atoms. The number of fused-ring (bicyclic) bond motifs is 1. The van der Waals surface area contributed by atoms with Crippen LogP contribution in [0.25, 0.3) is 11.0 Å². The molecule has 2 rings (SSSR count). The summed E-state index contributed by atoms with van der Waals surface area (Å²) in [5.74, 6) is 0. The topological polar surface area (TPSA) is 27.1 Å². The summed E-state index contributed by atoms with van der Waals surface area (Å²) < 4.78 is 7.12. The highest BCUT2D eigenvalue weighted by Gasteiger charge is 2.06. The van der Waals surface area contributed by atoms with E-state index in [1.165, 1.54) is 0 Å². The molecule has 0 N–H and O–H groups in total. The molecule has 0 saturated heterocycles. The molecule has 86 valence electrons. The Morgan fingerprint density at radius 3 is 2.94 bits per heavy atom. The second-order valence-electron chi connectivity index (χ2n) is 3.72. The van der Waals surface area contributed by atoms with Gasteiger partial charge in [0.25, 0.3) is 0 Å². The zero-order valence-electron chi connectivity index (χ0n) is 9.53. The van der Waals surface area contributed by atoms with Crippen LogP contribution in [-0.2, 0) is 17.7 Å². The van der Waals surface area contributed by atoms with Gasteiger partial charge in [0.15, 0.2) is 0 Å². The standard InChI is InChI=1S/C12H15ClN2O/c1-3-9-6-11-12(7-10(9)13)15(8-14-11)4-5-16-2/h6-8H,3-5H2,1-2H3. The number of nitrogens with zero attached hydrogens (tertiary/aromatic N) is 2. The first-order valence-corrected chi connectivity index (χ1v) is 5.76. The first kappa shape index (κ1) is 11.4. The fourth-order valence-corrected chi connectivity index (χ4v) is 2.05. The number of hydrogen-bond acceptors (Lipinski definition) is 2. The number of benzene rings is 1. The van der Waals surface area contributed by atoms with Crippen molar-refractivity contribution < 1.29 is 4.74 Å². The van der Waals surface area contributed by atoms with Gasteiger partial charge in [0.2, 0.25) is 0 Å². The Bertz CT molecular complexity index is 493. The number of ether oxygens (including phenoxy) is 1. The van der Waals surface area contributed by atoms with Gasteiger partial charge in [0, 0.05) is 18.7 Å². The van der Waals surface area contributed by atoms with E-state index in [0.717, 1.165) is 34.6 Å². The van der Waals surface area contributed by atoms with E-state index < -0.39 is 0 Å². The molecule has 2 aromatic rings. The predicted octanol–water partition coefficient (Wildman–Crippen LogP) is 2.90. The lowest BCUT2D eigenvalue weighted by Crippen LogP contribution is -2.02. The Kier molecular flexibility index (Phi) is 3.46. The molecule has 0 amide bonds. The number of methoxy groups -OCH3 is 1. The van der Waals surface area contributed by atoms with Crippen molar-refractivity contribution in [3.63, 3.8) is 0 Å². The van der Waals surface area contributed by atoms with Gasteiger partial charge < -0.3 is 9.30 Å². The van der Waals surface area contributed by atoms with Crippen LogP contribution in [0.5, 0.6) is 0 Å². The Hall–Kier alpha value is -1.06. The third kappa shape index (κ3) is 2.06. The number of hydrogen-bond donors (Lipinski definition) is 0. The van der Waals surface area contributed by atoms with Crippen LogP contribution in [-0.4, -0.2) is 23.3 Å². The number of rotatable bonds is 4. The maximum absolute atomic E-state index is 6.19. The van der Waals surface area contributed by atoms with Gasteiger partial charge in [-0.1, -0.05) is 18.5 Å². The van der Waals surface area contributed by atoms with Crippen LogP contribution in [0.2, 0.25) is 5.02 Å². The highest BCUT2D eigenvalue weighted by atomic mass is 35.5. The van der Waals surface area contributed by atoms with E-state index in [2.05, 4.69) is 22.5 Å². The van der Waals surface area contributed by atoms with Crippen molar-refractivity contribution in [2.45, 2.75) is 19.9 Å². The fourth-order valence-electron chi connectivity index (χ4n) is 1.76. The average molecular weight is 239 g/mol. The number of aryl methyl sites for hydroxylation is 1. The predicted molar refractivity (Wildman–Crippen MR) is 66.0 cm³/mol. The Morgan fingerprint density at radius 2 is 2.25 bits per heavy atom. The molecule has 3 nitrogen and oxygen atoms in total. The third-order valence-corrected chi connectivity index (χ3v) is 3.06. The van der Waals surface area contributed by atoms with Crippen LogP contribution in [0.15, 0.2) is 18.5 Å². The zero-order chi connectivity index (χ0) is 11.5. The molecular formula is C12H15ClN2O. The van der Waals surface area contributed by atoms with E-state index in [4.69, 9.17) is 16.3 Å². The quantitative estimate of drug-likeness (QED) is 0.819. The van der Waals surface area contributed by atoms with Gasteiger partial charge in [-0.25, -0.2) is 4.98 Å². The van der Waals surface area contributed by atoms with E-state index >= 15 is 0 Å². The average Bonchev–Trinajstić information content (AvgIpc) is 2.67. The minimum Gasteiger partial charge on any atom is -0.383 e. The van der Waals surface area contributed by atoms with Gasteiger partial charge in [-0.2, -0.15) is 0 Å². The van der Waals surface area contributed by atoms with Gasteiger partial charge in [-0.05, 0) is 24.1 Å². The monoisotopic (exact) mass is 238 g/mol. The van der Waals surface area contributed by atoms with E-state index in [1.807, 2.05) is 12.4 Å². The molecule has 4 heteroatoms.